The lowest BCUT2D eigenvalue weighted by Gasteiger charge is -2.09. The van der Waals surface area contributed by atoms with E-state index in [1.54, 1.807) is 18.2 Å². The van der Waals surface area contributed by atoms with Crippen molar-refractivity contribution in [3.63, 3.8) is 0 Å². The van der Waals surface area contributed by atoms with E-state index in [1.165, 1.54) is 6.07 Å². The molecule has 0 spiro atoms. The minimum Gasteiger partial charge on any atom is -0.459 e. The van der Waals surface area contributed by atoms with Crippen LogP contribution in [-0.4, -0.2) is 6.54 Å². The van der Waals surface area contributed by atoms with Gasteiger partial charge in [-0.1, -0.05) is 19.1 Å². The summed E-state index contributed by atoms with van der Waals surface area (Å²) in [4.78, 5) is 0. The largest absolute Gasteiger partial charge is 0.459 e. The summed E-state index contributed by atoms with van der Waals surface area (Å²) in [6.07, 6.45) is -4.34. The zero-order valence-electron chi connectivity index (χ0n) is 11.3. The summed E-state index contributed by atoms with van der Waals surface area (Å²) in [5.74, 6) is 1.15. The molecule has 5 heteroatoms. The number of rotatable bonds is 4. The van der Waals surface area contributed by atoms with E-state index in [1.807, 2.05) is 13.8 Å². The van der Waals surface area contributed by atoms with E-state index in [9.17, 15) is 13.2 Å². The van der Waals surface area contributed by atoms with Crippen LogP contribution < -0.4 is 5.32 Å². The molecular formula is C15H16F3NO. The normalized spacial score (nSPS) is 13.4. The maximum atomic E-state index is 12.7. The topological polar surface area (TPSA) is 25.2 Å². The van der Waals surface area contributed by atoms with Gasteiger partial charge < -0.3 is 9.73 Å². The number of nitrogens with one attached hydrogen (secondary N) is 1. The summed E-state index contributed by atoms with van der Waals surface area (Å²) in [5.41, 5.74) is -0.248. The average Bonchev–Trinajstić information content (AvgIpc) is 2.88. The van der Waals surface area contributed by atoms with Gasteiger partial charge in [-0.2, -0.15) is 13.2 Å². The highest BCUT2D eigenvalue weighted by Crippen LogP contribution is 2.33. The molecule has 108 valence electrons. The van der Waals surface area contributed by atoms with Crippen LogP contribution in [0.4, 0.5) is 13.2 Å². The second-order valence-electron chi connectivity index (χ2n) is 4.56. The third-order valence-electron chi connectivity index (χ3n) is 3.04. The molecule has 1 atom stereocenters. The molecule has 0 saturated carbocycles. The van der Waals surface area contributed by atoms with Gasteiger partial charge in [0.25, 0.3) is 0 Å². The van der Waals surface area contributed by atoms with E-state index < -0.39 is 11.7 Å². The molecule has 1 N–H and O–H groups in total. The average molecular weight is 283 g/mol. The Morgan fingerprint density at radius 2 is 1.95 bits per heavy atom. The minimum absolute atomic E-state index is 0.0274. The predicted molar refractivity (Wildman–Crippen MR) is 71.2 cm³/mol. The van der Waals surface area contributed by atoms with Crippen LogP contribution in [0.1, 0.15) is 31.2 Å². The standard InChI is InChI=1S/C15H16F3NO/c1-3-19-10(2)13-7-8-14(20-13)11-5-4-6-12(9-11)15(16,17)18/h4-10,19H,3H2,1-2H3. The van der Waals surface area contributed by atoms with Crippen LogP contribution in [0.2, 0.25) is 0 Å². The number of alkyl halides is 3. The molecule has 1 unspecified atom stereocenters. The first kappa shape index (κ1) is 14.7. The molecule has 1 heterocycles. The number of halogens is 3. The van der Waals surface area contributed by atoms with Gasteiger partial charge in [0.1, 0.15) is 11.5 Å². The van der Waals surface area contributed by atoms with Crippen LogP contribution in [0.25, 0.3) is 11.3 Å². The van der Waals surface area contributed by atoms with Gasteiger partial charge in [-0.3, -0.25) is 0 Å². The fourth-order valence-electron chi connectivity index (χ4n) is 2.00. The molecule has 0 aliphatic rings. The van der Waals surface area contributed by atoms with Gasteiger partial charge in [-0.25, -0.2) is 0 Å². The van der Waals surface area contributed by atoms with Crippen LogP contribution in [0.15, 0.2) is 40.8 Å². The van der Waals surface area contributed by atoms with E-state index in [-0.39, 0.29) is 6.04 Å². The molecule has 0 bridgehead atoms. The second-order valence-corrected chi connectivity index (χ2v) is 4.56. The zero-order valence-corrected chi connectivity index (χ0v) is 11.3. The molecule has 20 heavy (non-hydrogen) atoms. The molecule has 2 aromatic rings. The number of hydrogen-bond donors (Lipinski definition) is 1. The molecule has 1 aromatic carbocycles. The first-order valence-electron chi connectivity index (χ1n) is 6.42. The molecule has 0 aliphatic carbocycles. The molecule has 1 aromatic heterocycles. The Kier molecular flexibility index (Phi) is 4.18. The van der Waals surface area contributed by atoms with Crippen molar-refractivity contribution < 1.29 is 17.6 Å². The van der Waals surface area contributed by atoms with Crippen molar-refractivity contribution in [1.29, 1.82) is 0 Å². The van der Waals surface area contributed by atoms with Gasteiger partial charge in [0, 0.05) is 5.56 Å². The quantitative estimate of drug-likeness (QED) is 0.884. The SMILES string of the molecule is CCNC(C)c1ccc(-c2cccc(C(F)(F)F)c2)o1. The Morgan fingerprint density at radius 3 is 2.60 bits per heavy atom. The van der Waals surface area contributed by atoms with Crippen LogP contribution in [0.3, 0.4) is 0 Å². The highest BCUT2D eigenvalue weighted by Gasteiger charge is 2.30. The van der Waals surface area contributed by atoms with Crippen molar-refractivity contribution in [2.24, 2.45) is 0 Å². The van der Waals surface area contributed by atoms with Gasteiger partial charge in [0.15, 0.2) is 0 Å². The lowest BCUT2D eigenvalue weighted by Crippen LogP contribution is -2.16. The Hall–Kier alpha value is -1.75. The third kappa shape index (κ3) is 3.22. The Bertz CT molecular complexity index is 574. The summed E-state index contributed by atoms with van der Waals surface area (Å²) >= 11 is 0. The van der Waals surface area contributed by atoms with E-state index in [0.717, 1.165) is 18.7 Å². The molecule has 0 radical (unpaired) electrons. The Labute approximate surface area is 115 Å². The van der Waals surface area contributed by atoms with Crippen molar-refractivity contribution in [2.75, 3.05) is 6.54 Å². The molecule has 0 amide bonds. The summed E-state index contributed by atoms with van der Waals surface area (Å²) in [5, 5.41) is 3.19. The summed E-state index contributed by atoms with van der Waals surface area (Å²) < 4.78 is 43.7. The molecule has 0 saturated heterocycles. The van der Waals surface area contributed by atoms with Crippen molar-refractivity contribution in [1.82, 2.24) is 5.32 Å². The molecule has 0 fully saturated rings. The van der Waals surface area contributed by atoms with Crippen molar-refractivity contribution in [3.8, 4) is 11.3 Å². The first-order valence-corrected chi connectivity index (χ1v) is 6.42. The van der Waals surface area contributed by atoms with Crippen LogP contribution >= 0.6 is 0 Å². The maximum Gasteiger partial charge on any atom is 0.416 e. The fourth-order valence-corrected chi connectivity index (χ4v) is 2.00. The van der Waals surface area contributed by atoms with Crippen molar-refractivity contribution in [2.45, 2.75) is 26.1 Å². The molecule has 2 nitrogen and oxygen atoms in total. The monoisotopic (exact) mass is 283 g/mol. The zero-order chi connectivity index (χ0) is 14.8. The Morgan fingerprint density at radius 1 is 1.20 bits per heavy atom. The fraction of sp³-hybridized carbons (Fsp3) is 0.333. The van der Waals surface area contributed by atoms with Gasteiger partial charge >= 0.3 is 6.18 Å². The lowest BCUT2D eigenvalue weighted by molar-refractivity contribution is -0.137. The highest BCUT2D eigenvalue weighted by molar-refractivity contribution is 5.59. The Balaban J connectivity index is 2.28. The third-order valence-corrected chi connectivity index (χ3v) is 3.04. The van der Waals surface area contributed by atoms with E-state index in [0.29, 0.717) is 17.1 Å². The van der Waals surface area contributed by atoms with Crippen LogP contribution in [0, 0.1) is 0 Å². The maximum absolute atomic E-state index is 12.7. The van der Waals surface area contributed by atoms with Gasteiger partial charge in [-0.05, 0) is 37.7 Å². The molecule has 0 aliphatic heterocycles. The summed E-state index contributed by atoms with van der Waals surface area (Å²) in [7, 11) is 0. The van der Waals surface area contributed by atoms with Crippen molar-refractivity contribution >= 4 is 0 Å². The van der Waals surface area contributed by atoms with E-state index >= 15 is 0 Å². The minimum atomic E-state index is -4.34. The number of hydrogen-bond acceptors (Lipinski definition) is 2. The molecular weight excluding hydrogens is 267 g/mol. The van der Waals surface area contributed by atoms with E-state index in [4.69, 9.17) is 4.42 Å². The highest BCUT2D eigenvalue weighted by atomic mass is 19.4. The first-order chi connectivity index (χ1) is 9.41. The summed E-state index contributed by atoms with van der Waals surface area (Å²) in [6.45, 7) is 4.71. The summed E-state index contributed by atoms with van der Waals surface area (Å²) in [6, 6.07) is 8.64. The lowest BCUT2D eigenvalue weighted by atomic mass is 10.1. The second kappa shape index (κ2) is 5.71. The van der Waals surface area contributed by atoms with Crippen LogP contribution in [-0.2, 0) is 6.18 Å². The van der Waals surface area contributed by atoms with Gasteiger partial charge in [0.05, 0.1) is 11.6 Å². The van der Waals surface area contributed by atoms with E-state index in [2.05, 4.69) is 5.32 Å². The van der Waals surface area contributed by atoms with Gasteiger partial charge in [0.2, 0.25) is 0 Å². The van der Waals surface area contributed by atoms with Crippen molar-refractivity contribution in [3.05, 3.63) is 47.7 Å². The number of furan rings is 1. The molecule has 2 rings (SSSR count). The smallest absolute Gasteiger partial charge is 0.416 e. The predicted octanol–water partition coefficient (Wildman–Crippen LogP) is 4.64. The number of benzene rings is 1. The van der Waals surface area contributed by atoms with Crippen LogP contribution in [0.5, 0.6) is 0 Å². The van der Waals surface area contributed by atoms with Gasteiger partial charge in [-0.15, -0.1) is 0 Å².